The van der Waals surface area contributed by atoms with Gasteiger partial charge in [0.15, 0.2) is 0 Å². The van der Waals surface area contributed by atoms with Crippen LogP contribution in [0.3, 0.4) is 0 Å². The predicted octanol–water partition coefficient (Wildman–Crippen LogP) is 1.29. The van der Waals surface area contributed by atoms with E-state index < -0.39 is 6.23 Å². The van der Waals surface area contributed by atoms with Crippen LogP contribution >= 0.6 is 11.6 Å². The Labute approximate surface area is 64.2 Å². The topological polar surface area (TPSA) is 46.2 Å². The number of rotatable bonds is 1. The quantitative estimate of drug-likeness (QED) is 0.604. The molecule has 0 amide bonds. The Kier molecular flexibility index (Phi) is 2.27. The van der Waals surface area contributed by atoms with Crippen LogP contribution in [0, 0.1) is 0 Å². The molecular weight excluding hydrogens is 150 g/mol. The van der Waals surface area contributed by atoms with Crippen molar-refractivity contribution >= 4 is 11.6 Å². The van der Waals surface area contributed by atoms with Crippen molar-refractivity contribution in [3.05, 3.63) is 34.9 Å². The molecule has 2 nitrogen and oxygen atoms in total. The van der Waals surface area contributed by atoms with Crippen LogP contribution in [0.1, 0.15) is 11.8 Å². The fraction of sp³-hybridized carbons (Fsp3) is 0.143. The molecule has 0 saturated carbocycles. The molecule has 0 fully saturated rings. The summed E-state index contributed by atoms with van der Waals surface area (Å²) < 4.78 is 0. The molecule has 10 heavy (non-hydrogen) atoms. The first-order valence-electron chi connectivity index (χ1n) is 2.89. The second-order valence-corrected chi connectivity index (χ2v) is 2.44. The van der Waals surface area contributed by atoms with Gasteiger partial charge >= 0.3 is 0 Å². The molecule has 0 saturated heterocycles. The van der Waals surface area contributed by atoms with E-state index in [2.05, 4.69) is 0 Å². The predicted molar refractivity (Wildman–Crippen MR) is 40.6 cm³/mol. The van der Waals surface area contributed by atoms with Gasteiger partial charge in [-0.05, 0) is 17.7 Å². The molecule has 0 aromatic heterocycles. The Morgan fingerprint density at radius 2 is 2.20 bits per heavy atom. The molecule has 0 radical (unpaired) electrons. The third-order valence-electron chi connectivity index (χ3n) is 1.19. The van der Waals surface area contributed by atoms with Crippen LogP contribution in [-0.2, 0) is 0 Å². The third-order valence-corrected chi connectivity index (χ3v) is 1.43. The van der Waals surface area contributed by atoms with Gasteiger partial charge in [-0.15, -0.1) is 0 Å². The van der Waals surface area contributed by atoms with E-state index >= 15 is 0 Å². The minimum absolute atomic E-state index is 0.585. The van der Waals surface area contributed by atoms with Crippen molar-refractivity contribution in [1.82, 2.24) is 0 Å². The SMILES string of the molecule is N[C@@H](O)c1cccc(Cl)c1. The monoisotopic (exact) mass is 157 g/mol. The van der Waals surface area contributed by atoms with Gasteiger partial charge in [0.2, 0.25) is 0 Å². The van der Waals surface area contributed by atoms with E-state index in [1.165, 1.54) is 0 Å². The van der Waals surface area contributed by atoms with Crippen molar-refractivity contribution in [3.63, 3.8) is 0 Å². The van der Waals surface area contributed by atoms with Crippen LogP contribution in [0.25, 0.3) is 0 Å². The zero-order valence-corrected chi connectivity index (χ0v) is 6.05. The number of hydrogen-bond donors (Lipinski definition) is 2. The Balaban J connectivity index is 2.96. The lowest BCUT2D eigenvalue weighted by Gasteiger charge is -2.02. The lowest BCUT2D eigenvalue weighted by Crippen LogP contribution is -2.07. The zero-order valence-electron chi connectivity index (χ0n) is 5.29. The van der Waals surface area contributed by atoms with E-state index in [4.69, 9.17) is 22.4 Å². The van der Waals surface area contributed by atoms with E-state index in [0.29, 0.717) is 10.6 Å². The van der Waals surface area contributed by atoms with Crippen LogP contribution < -0.4 is 5.73 Å². The van der Waals surface area contributed by atoms with Gasteiger partial charge < -0.3 is 10.8 Å². The van der Waals surface area contributed by atoms with Crippen LogP contribution in [0.4, 0.5) is 0 Å². The summed E-state index contributed by atoms with van der Waals surface area (Å²) in [5, 5.41) is 9.45. The largest absolute Gasteiger partial charge is 0.375 e. The molecule has 3 N–H and O–H groups in total. The standard InChI is InChI=1S/C7H8ClNO/c8-6-3-1-2-5(4-6)7(9)10/h1-4,7,10H,9H2/t7-/m0/s1. The summed E-state index contributed by atoms with van der Waals surface area (Å²) in [6.07, 6.45) is -0.932. The molecule has 0 bridgehead atoms. The average molecular weight is 158 g/mol. The first kappa shape index (κ1) is 7.54. The molecule has 0 unspecified atom stereocenters. The lowest BCUT2D eigenvalue weighted by molar-refractivity contribution is 0.186. The van der Waals surface area contributed by atoms with Gasteiger partial charge in [-0.1, -0.05) is 23.7 Å². The van der Waals surface area contributed by atoms with Crippen LogP contribution in [0.5, 0.6) is 0 Å². The normalized spacial score (nSPS) is 13.1. The molecule has 0 aliphatic heterocycles. The number of aliphatic hydroxyl groups is 1. The smallest absolute Gasteiger partial charge is 0.128 e. The highest BCUT2D eigenvalue weighted by molar-refractivity contribution is 6.30. The first-order valence-corrected chi connectivity index (χ1v) is 3.27. The number of halogens is 1. The molecule has 1 rings (SSSR count). The van der Waals surface area contributed by atoms with Gasteiger partial charge in [0.1, 0.15) is 6.23 Å². The van der Waals surface area contributed by atoms with Crippen molar-refractivity contribution in [1.29, 1.82) is 0 Å². The summed E-state index contributed by atoms with van der Waals surface area (Å²) in [4.78, 5) is 0. The molecule has 0 aliphatic carbocycles. The van der Waals surface area contributed by atoms with Crippen molar-refractivity contribution < 1.29 is 5.11 Å². The number of nitrogens with two attached hydrogens (primary N) is 1. The number of aliphatic hydroxyl groups excluding tert-OH is 1. The zero-order chi connectivity index (χ0) is 7.56. The van der Waals surface area contributed by atoms with Gasteiger partial charge in [-0.3, -0.25) is 0 Å². The summed E-state index contributed by atoms with van der Waals surface area (Å²) in [5.74, 6) is 0. The van der Waals surface area contributed by atoms with Crippen molar-refractivity contribution in [2.24, 2.45) is 5.73 Å². The van der Waals surface area contributed by atoms with Crippen molar-refractivity contribution in [3.8, 4) is 0 Å². The second kappa shape index (κ2) is 3.01. The van der Waals surface area contributed by atoms with Crippen molar-refractivity contribution in [2.75, 3.05) is 0 Å². The maximum Gasteiger partial charge on any atom is 0.128 e. The minimum atomic E-state index is -0.932. The van der Waals surface area contributed by atoms with Gasteiger partial charge in [-0.25, -0.2) is 0 Å². The summed E-state index contributed by atoms with van der Waals surface area (Å²) in [7, 11) is 0. The van der Waals surface area contributed by atoms with E-state index in [1.54, 1.807) is 24.3 Å². The van der Waals surface area contributed by atoms with Gasteiger partial charge in [-0.2, -0.15) is 0 Å². The molecule has 0 heterocycles. The third kappa shape index (κ3) is 1.70. The Morgan fingerprint density at radius 3 is 2.60 bits per heavy atom. The van der Waals surface area contributed by atoms with Crippen molar-refractivity contribution in [2.45, 2.75) is 6.23 Å². The summed E-state index contributed by atoms with van der Waals surface area (Å²) in [5.41, 5.74) is 5.81. The molecule has 3 heteroatoms. The first-order chi connectivity index (χ1) is 4.70. The molecule has 0 aliphatic rings. The van der Waals surface area contributed by atoms with E-state index in [9.17, 15) is 0 Å². The molecule has 1 atom stereocenters. The highest BCUT2D eigenvalue weighted by Crippen LogP contribution is 2.13. The van der Waals surface area contributed by atoms with Crippen LogP contribution in [0.15, 0.2) is 24.3 Å². The summed E-state index contributed by atoms with van der Waals surface area (Å²) in [6.45, 7) is 0. The van der Waals surface area contributed by atoms with E-state index in [0.717, 1.165) is 0 Å². The summed E-state index contributed by atoms with van der Waals surface area (Å²) in [6, 6.07) is 6.82. The average Bonchev–Trinajstić information content (AvgIpc) is 1.88. The van der Waals surface area contributed by atoms with Gasteiger partial charge in [0.05, 0.1) is 0 Å². The molecule has 54 valence electrons. The Hall–Kier alpha value is -0.570. The number of benzene rings is 1. The number of hydrogen-bond acceptors (Lipinski definition) is 2. The highest BCUT2D eigenvalue weighted by atomic mass is 35.5. The van der Waals surface area contributed by atoms with Gasteiger partial charge in [0.25, 0.3) is 0 Å². The molecule has 0 spiro atoms. The van der Waals surface area contributed by atoms with Gasteiger partial charge in [0, 0.05) is 5.02 Å². The molecule has 1 aromatic rings. The highest BCUT2D eigenvalue weighted by Gasteiger charge is 1.98. The minimum Gasteiger partial charge on any atom is -0.375 e. The van der Waals surface area contributed by atoms with Crippen LogP contribution in [-0.4, -0.2) is 5.11 Å². The summed E-state index contributed by atoms with van der Waals surface area (Å²) >= 11 is 5.62. The van der Waals surface area contributed by atoms with E-state index in [1.807, 2.05) is 0 Å². The second-order valence-electron chi connectivity index (χ2n) is 2.00. The fourth-order valence-corrected chi connectivity index (χ4v) is 0.889. The Morgan fingerprint density at radius 1 is 1.50 bits per heavy atom. The molecular formula is C7H8ClNO. The Bertz CT molecular complexity index is 225. The molecule has 1 aromatic carbocycles. The maximum atomic E-state index is 8.87. The fourth-order valence-electron chi connectivity index (χ4n) is 0.691. The lowest BCUT2D eigenvalue weighted by atomic mass is 10.2. The maximum absolute atomic E-state index is 8.87. The van der Waals surface area contributed by atoms with E-state index in [-0.39, 0.29) is 0 Å². The van der Waals surface area contributed by atoms with Crippen LogP contribution in [0.2, 0.25) is 5.02 Å².